The molecule has 0 saturated carbocycles. The Morgan fingerprint density at radius 3 is 2.33 bits per heavy atom. The van der Waals surface area contributed by atoms with Crippen molar-refractivity contribution in [2.75, 3.05) is 0 Å². The Balaban J connectivity index is 3.32. The zero-order valence-corrected chi connectivity index (χ0v) is 11.0. The lowest BCUT2D eigenvalue weighted by Gasteiger charge is -2.20. The van der Waals surface area contributed by atoms with Crippen LogP contribution in [0.3, 0.4) is 0 Å². The van der Waals surface area contributed by atoms with E-state index in [9.17, 15) is 17.6 Å². The van der Waals surface area contributed by atoms with Crippen molar-refractivity contribution >= 4 is 16.0 Å². The first kappa shape index (κ1) is 14.6. The Kier molecular flexibility index (Phi) is 3.78. The quantitative estimate of drug-likeness (QED) is 0.877. The summed E-state index contributed by atoms with van der Waals surface area (Å²) in [4.78, 5) is 10.1. The van der Waals surface area contributed by atoms with Crippen LogP contribution in [0.4, 0.5) is 4.39 Å². The van der Waals surface area contributed by atoms with E-state index in [1.807, 2.05) is 0 Å². The molecular formula is C11H14FNO4S. The van der Waals surface area contributed by atoms with E-state index in [2.05, 4.69) is 4.72 Å². The molecule has 0 bridgehead atoms. The number of carboxylic acids is 1. The molecular weight excluding hydrogens is 261 g/mol. The maximum atomic E-state index is 13.5. The topological polar surface area (TPSA) is 83.5 Å². The summed E-state index contributed by atoms with van der Waals surface area (Å²) in [6, 6.07) is 2.63. The van der Waals surface area contributed by atoms with Crippen LogP contribution in [0.2, 0.25) is 0 Å². The van der Waals surface area contributed by atoms with Crippen molar-refractivity contribution < 1.29 is 22.7 Å². The largest absolute Gasteiger partial charge is 0.478 e. The van der Waals surface area contributed by atoms with Gasteiger partial charge in [0.15, 0.2) is 0 Å². The number of sulfonamides is 1. The van der Waals surface area contributed by atoms with Crippen LogP contribution < -0.4 is 4.72 Å². The van der Waals surface area contributed by atoms with Crippen molar-refractivity contribution in [1.82, 2.24) is 4.72 Å². The highest BCUT2D eigenvalue weighted by Crippen LogP contribution is 2.18. The van der Waals surface area contributed by atoms with Gasteiger partial charge in [0.05, 0.1) is 5.56 Å². The summed E-state index contributed by atoms with van der Waals surface area (Å²) in [6.45, 7) is 4.80. The molecule has 18 heavy (non-hydrogen) atoms. The monoisotopic (exact) mass is 275 g/mol. The molecule has 0 amide bonds. The fourth-order valence-electron chi connectivity index (χ4n) is 1.30. The van der Waals surface area contributed by atoms with Crippen molar-refractivity contribution in [2.24, 2.45) is 0 Å². The SMILES string of the molecule is CC(C)(C)NS(=O)(=O)c1cc(C(=O)O)ccc1F. The number of hydrogen-bond acceptors (Lipinski definition) is 3. The van der Waals surface area contributed by atoms with E-state index >= 15 is 0 Å². The zero-order chi connectivity index (χ0) is 14.1. The summed E-state index contributed by atoms with van der Waals surface area (Å²) in [5, 5.41) is 8.76. The van der Waals surface area contributed by atoms with Crippen LogP contribution in [0.5, 0.6) is 0 Å². The maximum Gasteiger partial charge on any atom is 0.335 e. The van der Waals surface area contributed by atoms with Crippen molar-refractivity contribution in [3.8, 4) is 0 Å². The summed E-state index contributed by atoms with van der Waals surface area (Å²) in [7, 11) is -4.09. The van der Waals surface area contributed by atoms with E-state index in [0.717, 1.165) is 18.2 Å². The van der Waals surface area contributed by atoms with Gasteiger partial charge in [0.2, 0.25) is 10.0 Å². The lowest BCUT2D eigenvalue weighted by molar-refractivity contribution is 0.0696. The molecule has 1 rings (SSSR count). The van der Waals surface area contributed by atoms with Crippen molar-refractivity contribution in [1.29, 1.82) is 0 Å². The highest BCUT2D eigenvalue weighted by atomic mass is 32.2. The number of rotatable bonds is 3. The molecule has 5 nitrogen and oxygen atoms in total. The standard InChI is InChI=1S/C11H14FNO4S/c1-11(2,3)13-18(16,17)9-6-7(10(14)15)4-5-8(9)12/h4-6,13H,1-3H3,(H,14,15). The summed E-state index contributed by atoms with van der Waals surface area (Å²) in [5.74, 6) is -2.31. The highest BCUT2D eigenvalue weighted by Gasteiger charge is 2.25. The fourth-order valence-corrected chi connectivity index (χ4v) is 2.82. The summed E-state index contributed by atoms with van der Waals surface area (Å²) >= 11 is 0. The fraction of sp³-hybridized carbons (Fsp3) is 0.364. The third kappa shape index (κ3) is 3.51. The number of carboxylic acid groups (broad SMARTS) is 1. The predicted molar refractivity (Wildman–Crippen MR) is 63.4 cm³/mol. The third-order valence-electron chi connectivity index (χ3n) is 1.91. The smallest absolute Gasteiger partial charge is 0.335 e. The van der Waals surface area contributed by atoms with Gasteiger partial charge >= 0.3 is 5.97 Å². The van der Waals surface area contributed by atoms with Crippen LogP contribution >= 0.6 is 0 Å². The van der Waals surface area contributed by atoms with Gasteiger partial charge in [-0.1, -0.05) is 0 Å². The summed E-state index contributed by atoms with van der Waals surface area (Å²) in [6.07, 6.45) is 0. The van der Waals surface area contributed by atoms with Crippen LogP contribution in [-0.4, -0.2) is 25.0 Å². The Morgan fingerprint density at radius 1 is 1.33 bits per heavy atom. The Morgan fingerprint density at radius 2 is 1.89 bits per heavy atom. The van der Waals surface area contributed by atoms with Gasteiger partial charge in [0.1, 0.15) is 10.7 Å². The Labute approximate surface area is 105 Å². The summed E-state index contributed by atoms with van der Waals surface area (Å²) in [5.41, 5.74) is -1.07. The molecule has 0 aliphatic rings. The minimum atomic E-state index is -4.09. The highest BCUT2D eigenvalue weighted by molar-refractivity contribution is 7.89. The van der Waals surface area contributed by atoms with E-state index in [1.54, 1.807) is 20.8 Å². The minimum absolute atomic E-state index is 0.286. The second-order valence-electron chi connectivity index (χ2n) is 4.81. The molecule has 2 N–H and O–H groups in total. The van der Waals surface area contributed by atoms with Crippen molar-refractivity contribution in [2.45, 2.75) is 31.2 Å². The third-order valence-corrected chi connectivity index (χ3v) is 3.68. The molecule has 0 aliphatic heterocycles. The predicted octanol–water partition coefficient (Wildman–Crippen LogP) is 1.60. The number of aromatic carboxylic acids is 1. The Bertz CT molecular complexity index is 575. The first-order chi connectivity index (χ1) is 8.03. The van der Waals surface area contributed by atoms with Crippen LogP contribution in [0, 0.1) is 5.82 Å². The van der Waals surface area contributed by atoms with Crippen LogP contribution in [-0.2, 0) is 10.0 Å². The second-order valence-corrected chi connectivity index (χ2v) is 6.46. The molecule has 100 valence electrons. The molecule has 0 saturated heterocycles. The van der Waals surface area contributed by atoms with Gasteiger partial charge < -0.3 is 5.11 Å². The molecule has 7 heteroatoms. The van der Waals surface area contributed by atoms with Gasteiger partial charge in [-0.3, -0.25) is 0 Å². The molecule has 0 atom stereocenters. The Hall–Kier alpha value is -1.47. The van der Waals surface area contributed by atoms with Gasteiger partial charge in [-0.25, -0.2) is 22.3 Å². The number of halogens is 1. The lowest BCUT2D eigenvalue weighted by atomic mass is 10.1. The molecule has 0 aliphatic carbocycles. The number of hydrogen-bond donors (Lipinski definition) is 2. The molecule has 0 heterocycles. The van der Waals surface area contributed by atoms with E-state index in [-0.39, 0.29) is 5.56 Å². The number of carbonyl (C=O) groups is 1. The molecule has 0 radical (unpaired) electrons. The molecule has 1 aromatic rings. The van der Waals surface area contributed by atoms with Crippen LogP contribution in [0.25, 0.3) is 0 Å². The molecule has 0 fully saturated rings. The normalized spacial score (nSPS) is 12.4. The van der Waals surface area contributed by atoms with Gasteiger partial charge in [0.25, 0.3) is 0 Å². The molecule has 0 unspecified atom stereocenters. The van der Waals surface area contributed by atoms with E-state index < -0.39 is 32.2 Å². The summed E-state index contributed by atoms with van der Waals surface area (Å²) < 4.78 is 39.5. The van der Waals surface area contributed by atoms with E-state index in [0.29, 0.717) is 0 Å². The average Bonchev–Trinajstić information content (AvgIpc) is 2.13. The van der Waals surface area contributed by atoms with E-state index in [4.69, 9.17) is 5.11 Å². The minimum Gasteiger partial charge on any atom is -0.478 e. The average molecular weight is 275 g/mol. The zero-order valence-electron chi connectivity index (χ0n) is 10.2. The lowest BCUT2D eigenvalue weighted by Crippen LogP contribution is -2.40. The van der Waals surface area contributed by atoms with Crippen LogP contribution in [0.15, 0.2) is 23.1 Å². The van der Waals surface area contributed by atoms with Gasteiger partial charge in [0, 0.05) is 5.54 Å². The van der Waals surface area contributed by atoms with Gasteiger partial charge in [-0.05, 0) is 39.0 Å². The number of nitrogens with one attached hydrogen (secondary N) is 1. The molecule has 1 aromatic carbocycles. The first-order valence-corrected chi connectivity index (χ1v) is 6.58. The van der Waals surface area contributed by atoms with Crippen molar-refractivity contribution in [3.63, 3.8) is 0 Å². The van der Waals surface area contributed by atoms with Gasteiger partial charge in [-0.15, -0.1) is 0 Å². The maximum absolute atomic E-state index is 13.5. The first-order valence-electron chi connectivity index (χ1n) is 5.10. The second kappa shape index (κ2) is 4.66. The van der Waals surface area contributed by atoms with Crippen LogP contribution in [0.1, 0.15) is 31.1 Å². The number of benzene rings is 1. The molecule has 0 aromatic heterocycles. The molecule has 0 spiro atoms. The van der Waals surface area contributed by atoms with Gasteiger partial charge in [-0.2, -0.15) is 0 Å². The van der Waals surface area contributed by atoms with Crippen molar-refractivity contribution in [3.05, 3.63) is 29.6 Å². The van der Waals surface area contributed by atoms with E-state index in [1.165, 1.54) is 0 Å².